The molecule has 10 atom stereocenters. The maximum absolute atomic E-state index is 13.9. The molecular formula is C55H60N4O7S2. The molecule has 68 heavy (non-hydrogen) atoms. The molecule has 0 aromatic heterocycles. The molecule has 2 saturated carbocycles. The molecule has 8 aliphatic heterocycles. The number of aliphatic hydroxyl groups excluding tert-OH is 3. The number of hydrogen-bond donors (Lipinski definition) is 6. The fraction of sp³-hybridized carbons (Fsp3) is 0.527. The highest BCUT2D eigenvalue weighted by Crippen LogP contribution is 2.55. The van der Waals surface area contributed by atoms with E-state index in [1.807, 2.05) is 18.3 Å². The van der Waals surface area contributed by atoms with Gasteiger partial charge in [-0.25, -0.2) is 0 Å². The summed E-state index contributed by atoms with van der Waals surface area (Å²) in [5, 5.41) is 50.7. The van der Waals surface area contributed by atoms with Crippen molar-refractivity contribution in [2.45, 2.75) is 131 Å². The lowest BCUT2D eigenvalue weighted by Gasteiger charge is -2.46. The fourth-order valence-electron chi connectivity index (χ4n) is 13.4. The number of rotatable bonds is 7. The summed E-state index contributed by atoms with van der Waals surface area (Å²) in [6.45, 7) is 1.08. The van der Waals surface area contributed by atoms with Crippen LogP contribution in [-0.2, 0) is 22.4 Å². The number of allylic oxidation sites excluding steroid dienone is 3. The molecule has 8 heterocycles. The predicted octanol–water partition coefficient (Wildman–Crippen LogP) is 7.65. The monoisotopic (exact) mass is 952 g/mol. The van der Waals surface area contributed by atoms with Crippen LogP contribution in [-0.4, -0.2) is 74.1 Å². The summed E-state index contributed by atoms with van der Waals surface area (Å²) < 4.78 is 13.8. The van der Waals surface area contributed by atoms with Crippen LogP contribution in [0.2, 0.25) is 0 Å². The Hall–Kier alpha value is -4.44. The number of aromatic hydroxyl groups is 1. The Labute approximate surface area is 406 Å². The fourth-order valence-corrected chi connectivity index (χ4v) is 16.1. The summed E-state index contributed by atoms with van der Waals surface area (Å²) in [6.07, 6.45) is 22.4. The van der Waals surface area contributed by atoms with Crippen LogP contribution < -0.4 is 20.5 Å². The zero-order valence-electron chi connectivity index (χ0n) is 38.3. The first kappa shape index (κ1) is 44.7. The summed E-state index contributed by atoms with van der Waals surface area (Å²) in [7, 11) is 3.38. The Balaban J connectivity index is 0.944. The van der Waals surface area contributed by atoms with Crippen LogP contribution in [0.5, 0.6) is 17.2 Å². The number of aliphatic hydroxyl groups is 3. The van der Waals surface area contributed by atoms with Gasteiger partial charge in [0.15, 0.2) is 17.7 Å². The summed E-state index contributed by atoms with van der Waals surface area (Å²) in [6, 6.07) is 5.65. The summed E-state index contributed by atoms with van der Waals surface area (Å²) in [5.41, 5.74) is 14.1. The van der Waals surface area contributed by atoms with Crippen molar-refractivity contribution in [2.24, 2.45) is 39.8 Å². The Morgan fingerprint density at radius 1 is 1.06 bits per heavy atom. The van der Waals surface area contributed by atoms with Gasteiger partial charge in [0.25, 0.3) is 0 Å². The van der Waals surface area contributed by atoms with Gasteiger partial charge in [-0.1, -0.05) is 108 Å². The van der Waals surface area contributed by atoms with Crippen LogP contribution in [0, 0.1) is 53.0 Å². The minimum Gasteiger partial charge on any atom is -0.508 e. The van der Waals surface area contributed by atoms with E-state index in [0.717, 1.165) is 64.8 Å². The first-order valence-corrected chi connectivity index (χ1v) is 27.4. The van der Waals surface area contributed by atoms with Gasteiger partial charge in [0.1, 0.15) is 23.7 Å². The quantitative estimate of drug-likeness (QED) is 0.0913. The van der Waals surface area contributed by atoms with Crippen LogP contribution >= 0.6 is 21.6 Å². The molecule has 13 heteroatoms. The number of aliphatic imine (C=N–C) groups is 1. The minimum atomic E-state index is -1.11. The lowest BCUT2D eigenvalue weighted by atomic mass is 9.64. The SMILES string of the molecule is N[C@@H]1NC[C@@]23C=C[C@@H]4C5=CN=C6CN(C=C56)[C@H]5Oc6c(cc(O)c(CCC(=O)C[C@H](O)[C@H]7C=C[C@@H](C8CCCCC8)C[C@H]7O)c6CSSC2)OC#CC2(CCCC2)[C@@H]5C#C[C@H](O)c2ccc1c3c24. The minimum absolute atomic E-state index is 0.0180. The average Bonchev–Trinajstić information content (AvgIpc) is 4.10. The van der Waals surface area contributed by atoms with Gasteiger partial charge < -0.3 is 40.5 Å². The third-order valence-corrected chi connectivity index (χ3v) is 19.5. The van der Waals surface area contributed by atoms with Crippen molar-refractivity contribution in [3.05, 3.63) is 99.4 Å². The lowest BCUT2D eigenvalue weighted by molar-refractivity contribution is -0.122. The van der Waals surface area contributed by atoms with Crippen molar-refractivity contribution in [2.75, 3.05) is 18.8 Å². The molecule has 7 N–H and O–H groups in total. The van der Waals surface area contributed by atoms with Crippen LogP contribution in [0.25, 0.3) is 0 Å². The maximum Gasteiger partial charge on any atom is 0.187 e. The predicted molar refractivity (Wildman–Crippen MR) is 264 cm³/mol. The second kappa shape index (κ2) is 17.8. The van der Waals surface area contributed by atoms with Crippen molar-refractivity contribution >= 4 is 33.1 Å². The lowest BCUT2D eigenvalue weighted by Crippen LogP contribution is -2.50. The molecule has 0 unspecified atom stereocenters. The molecule has 4 aliphatic carbocycles. The molecule has 11 nitrogen and oxygen atoms in total. The third kappa shape index (κ3) is 7.58. The van der Waals surface area contributed by atoms with Crippen LogP contribution in [0.3, 0.4) is 0 Å². The third-order valence-electron chi connectivity index (χ3n) is 17.1. The number of ether oxygens (including phenoxy) is 2. The molecule has 2 aromatic rings. The molecular weight excluding hydrogens is 893 g/mol. The van der Waals surface area contributed by atoms with Gasteiger partial charge in [-0.2, -0.15) is 0 Å². The molecule has 14 rings (SSSR count). The number of nitrogens with one attached hydrogen (secondary N) is 1. The van der Waals surface area contributed by atoms with E-state index in [2.05, 4.69) is 64.6 Å². The molecule has 2 spiro atoms. The van der Waals surface area contributed by atoms with E-state index < -0.39 is 47.2 Å². The molecule has 2 fully saturated rings. The van der Waals surface area contributed by atoms with E-state index in [0.29, 0.717) is 65.5 Å². The van der Waals surface area contributed by atoms with Crippen molar-refractivity contribution < 1.29 is 34.7 Å². The largest absolute Gasteiger partial charge is 0.508 e. The van der Waals surface area contributed by atoms with Gasteiger partial charge in [0.05, 0.1) is 42.0 Å². The zero-order chi connectivity index (χ0) is 46.3. The number of fused-ring (bicyclic) bond motifs is 1. The molecule has 12 aliphatic rings. The zero-order valence-corrected chi connectivity index (χ0v) is 39.9. The van der Waals surface area contributed by atoms with Crippen molar-refractivity contribution in [3.8, 4) is 41.1 Å². The van der Waals surface area contributed by atoms with E-state index in [-0.39, 0.29) is 42.9 Å². The summed E-state index contributed by atoms with van der Waals surface area (Å²) in [4.78, 5) is 21.2. The highest BCUT2D eigenvalue weighted by atomic mass is 33.1. The van der Waals surface area contributed by atoms with Gasteiger partial charge in [-0.3, -0.25) is 15.1 Å². The van der Waals surface area contributed by atoms with E-state index in [9.17, 15) is 25.2 Å². The van der Waals surface area contributed by atoms with E-state index in [1.54, 1.807) is 27.7 Å². The number of carbonyl (C=O) groups is 1. The normalized spacial score (nSPS) is 33.0. The number of carbonyl (C=O) groups excluding carboxylic acids is 1. The Kier molecular flexibility index (Phi) is 11.7. The Morgan fingerprint density at radius 3 is 2.74 bits per heavy atom. The smallest absolute Gasteiger partial charge is 0.187 e. The summed E-state index contributed by atoms with van der Waals surface area (Å²) >= 11 is 0. The highest BCUT2D eigenvalue weighted by Gasteiger charge is 2.51. The van der Waals surface area contributed by atoms with Gasteiger partial charge in [0, 0.05) is 83.3 Å². The van der Waals surface area contributed by atoms with Crippen LogP contribution in [0.4, 0.5) is 0 Å². The topological polar surface area (TPSA) is 170 Å². The Morgan fingerprint density at radius 2 is 1.90 bits per heavy atom. The molecule has 0 saturated heterocycles. The van der Waals surface area contributed by atoms with E-state index in [4.69, 9.17) is 20.2 Å². The molecule has 354 valence electrons. The number of ketones is 1. The number of benzene rings is 2. The number of nitrogens with two attached hydrogens (primary N) is 1. The second-order valence-electron chi connectivity index (χ2n) is 21.0. The van der Waals surface area contributed by atoms with E-state index >= 15 is 0 Å². The van der Waals surface area contributed by atoms with Gasteiger partial charge in [0.2, 0.25) is 0 Å². The van der Waals surface area contributed by atoms with Crippen molar-refractivity contribution in [1.29, 1.82) is 0 Å². The van der Waals surface area contributed by atoms with Gasteiger partial charge in [-0.15, -0.1) is 0 Å². The van der Waals surface area contributed by atoms with Crippen molar-refractivity contribution in [1.82, 2.24) is 10.2 Å². The number of Topliss-reactive ketones (excluding diaryl/α,β-unsaturated/α-hetero) is 1. The molecule has 0 radical (unpaired) electrons. The number of phenols is 1. The maximum atomic E-state index is 13.9. The number of nitrogens with zero attached hydrogens (tertiary/aromatic N) is 2. The van der Waals surface area contributed by atoms with Gasteiger partial charge >= 0.3 is 0 Å². The summed E-state index contributed by atoms with van der Waals surface area (Å²) in [5.74, 6) is 11.9. The number of hydrogen-bond acceptors (Lipinski definition) is 13. The first-order chi connectivity index (χ1) is 33.1. The van der Waals surface area contributed by atoms with E-state index in [1.165, 1.54) is 32.1 Å². The Bertz CT molecular complexity index is 2710. The standard InChI is InChI=1S/C55H60N4O7S2/c56-52-38-13-12-37-44(61)15-14-42-53-59-26-40-39(25-57-43(40)27-59)35-16-19-55(29-58-52,50(38)49(35)37)30-68-67-28-41-34(47(64)24-48(51(41)66-53)65-21-20-54(42)17-4-5-18-54)11-9-33(60)23-46(63)36-10-8-32(22-45(36)62)31-6-2-1-3-7-31/h8,10,12-13,16,19,24-26,31-32,35-36,42,44-46,52-53,58,61-64H,1-7,9,11,17-18,22-23,27-30,56H2/t32-,35-,36+,42-,44+,45-,46+,52-,53+,55+/m1/s1. The average molecular weight is 953 g/mol. The second-order valence-corrected chi connectivity index (χ2v) is 23.4. The first-order valence-electron chi connectivity index (χ1n) is 24.9. The van der Waals surface area contributed by atoms with Crippen molar-refractivity contribution in [3.63, 3.8) is 0 Å². The molecule has 0 amide bonds. The van der Waals surface area contributed by atoms with Crippen LogP contribution in [0.1, 0.15) is 129 Å². The number of phenolic OH excluding ortho intramolecular Hbond substituents is 1. The highest BCUT2D eigenvalue weighted by molar-refractivity contribution is 8.76. The van der Waals surface area contributed by atoms with Gasteiger partial charge in [-0.05, 0) is 78.2 Å². The van der Waals surface area contributed by atoms with Crippen LogP contribution in [0.15, 0.2) is 71.0 Å². The molecule has 10 bridgehead atoms. The molecule has 2 aromatic carbocycles.